The number of amides is 1. The van der Waals surface area contributed by atoms with Gasteiger partial charge < -0.3 is 10.1 Å². The predicted octanol–water partition coefficient (Wildman–Crippen LogP) is 0.924. The Labute approximate surface area is 81.0 Å². The van der Waals surface area contributed by atoms with Crippen LogP contribution < -0.4 is 5.32 Å². The van der Waals surface area contributed by atoms with Crippen LogP contribution in [0.1, 0.15) is 12.8 Å². The lowest BCUT2D eigenvalue weighted by Crippen LogP contribution is -2.28. The molecule has 1 saturated carbocycles. The molecule has 70 valence electrons. The Balaban J connectivity index is 1.78. The van der Waals surface area contributed by atoms with Gasteiger partial charge in [-0.2, -0.15) is 0 Å². The Morgan fingerprint density at radius 1 is 1.58 bits per heavy atom. The molecule has 0 unspecified atom stereocenters. The van der Waals surface area contributed by atoms with E-state index in [-0.39, 0.29) is 5.91 Å². The van der Waals surface area contributed by atoms with Gasteiger partial charge in [0.1, 0.15) is 0 Å². The Bertz CT molecular complexity index is 148. The number of carbonyl (C=O) groups is 1. The van der Waals surface area contributed by atoms with Gasteiger partial charge in [-0.15, -0.1) is 0 Å². The molecular weight excluding hydrogens is 222 g/mol. The van der Waals surface area contributed by atoms with E-state index >= 15 is 0 Å². The van der Waals surface area contributed by atoms with Crippen LogP contribution >= 0.6 is 15.9 Å². The van der Waals surface area contributed by atoms with Crippen molar-refractivity contribution in [1.29, 1.82) is 0 Å². The highest BCUT2D eigenvalue weighted by atomic mass is 79.9. The number of hydrogen-bond acceptors (Lipinski definition) is 2. The number of nitrogens with one attached hydrogen (secondary N) is 1. The molecule has 0 aliphatic heterocycles. The Kier molecular flexibility index (Phi) is 4.61. The molecular formula is C8H14BrNO2. The van der Waals surface area contributed by atoms with Gasteiger partial charge in [-0.25, -0.2) is 0 Å². The van der Waals surface area contributed by atoms with Crippen LogP contribution in [0.5, 0.6) is 0 Å². The molecule has 0 radical (unpaired) electrons. The van der Waals surface area contributed by atoms with Gasteiger partial charge >= 0.3 is 0 Å². The van der Waals surface area contributed by atoms with E-state index in [1.807, 2.05) is 0 Å². The number of halogens is 1. The Morgan fingerprint density at radius 3 is 2.92 bits per heavy atom. The fraction of sp³-hybridized carbons (Fsp3) is 0.875. The second-order valence-corrected chi connectivity index (χ2v) is 3.56. The molecule has 12 heavy (non-hydrogen) atoms. The molecule has 0 bridgehead atoms. The van der Waals surface area contributed by atoms with E-state index in [1.165, 1.54) is 12.8 Å². The number of carbonyl (C=O) groups excluding carboxylic acids is 1. The summed E-state index contributed by atoms with van der Waals surface area (Å²) in [6.07, 6.45) is 2.63. The van der Waals surface area contributed by atoms with Gasteiger partial charge in [0.25, 0.3) is 0 Å². The van der Waals surface area contributed by atoms with E-state index < -0.39 is 0 Å². The predicted molar refractivity (Wildman–Crippen MR) is 50.3 cm³/mol. The molecule has 0 heterocycles. The summed E-state index contributed by atoms with van der Waals surface area (Å²) >= 11 is 3.06. The highest BCUT2D eigenvalue weighted by Gasteiger charge is 2.20. The van der Waals surface area contributed by atoms with Crippen molar-refractivity contribution < 1.29 is 9.53 Å². The number of alkyl halides is 1. The minimum atomic E-state index is 0.0185. The zero-order chi connectivity index (χ0) is 8.81. The SMILES string of the molecule is O=C(CBr)NCCOCC1CC1. The first-order chi connectivity index (χ1) is 5.83. The largest absolute Gasteiger partial charge is 0.379 e. The highest BCUT2D eigenvalue weighted by Crippen LogP contribution is 2.28. The van der Waals surface area contributed by atoms with Crippen LogP contribution in [-0.4, -0.2) is 31.0 Å². The first-order valence-corrected chi connectivity index (χ1v) is 5.35. The molecule has 1 rings (SSSR count). The minimum Gasteiger partial charge on any atom is -0.379 e. The van der Waals surface area contributed by atoms with E-state index in [2.05, 4.69) is 21.2 Å². The third kappa shape index (κ3) is 4.72. The number of rotatable bonds is 6. The molecule has 3 nitrogen and oxygen atoms in total. The smallest absolute Gasteiger partial charge is 0.230 e. The van der Waals surface area contributed by atoms with Crippen molar-refractivity contribution in [3.05, 3.63) is 0 Å². The molecule has 0 spiro atoms. The normalized spacial score (nSPS) is 16.1. The van der Waals surface area contributed by atoms with Gasteiger partial charge in [-0.3, -0.25) is 4.79 Å². The maximum Gasteiger partial charge on any atom is 0.230 e. The second-order valence-electron chi connectivity index (χ2n) is 3.00. The molecule has 1 aliphatic rings. The summed E-state index contributed by atoms with van der Waals surface area (Å²) in [7, 11) is 0. The van der Waals surface area contributed by atoms with Crippen molar-refractivity contribution >= 4 is 21.8 Å². The van der Waals surface area contributed by atoms with E-state index in [4.69, 9.17) is 4.74 Å². The lowest BCUT2D eigenvalue weighted by atomic mass is 10.5. The Morgan fingerprint density at radius 2 is 2.33 bits per heavy atom. The third-order valence-electron chi connectivity index (χ3n) is 1.74. The van der Waals surface area contributed by atoms with Crippen molar-refractivity contribution in [2.24, 2.45) is 5.92 Å². The van der Waals surface area contributed by atoms with Gasteiger partial charge in [0, 0.05) is 13.2 Å². The van der Waals surface area contributed by atoms with Crippen molar-refractivity contribution in [3.63, 3.8) is 0 Å². The third-order valence-corrected chi connectivity index (χ3v) is 2.25. The van der Waals surface area contributed by atoms with E-state index in [9.17, 15) is 4.79 Å². The maximum atomic E-state index is 10.7. The first-order valence-electron chi connectivity index (χ1n) is 4.23. The van der Waals surface area contributed by atoms with Crippen molar-refractivity contribution in [1.82, 2.24) is 5.32 Å². The zero-order valence-corrected chi connectivity index (χ0v) is 8.60. The van der Waals surface area contributed by atoms with Crippen LogP contribution in [0.2, 0.25) is 0 Å². The average molecular weight is 236 g/mol. The summed E-state index contributed by atoms with van der Waals surface area (Å²) in [5.41, 5.74) is 0. The molecule has 0 saturated heterocycles. The van der Waals surface area contributed by atoms with E-state index in [0.717, 1.165) is 12.5 Å². The molecule has 1 amide bonds. The summed E-state index contributed by atoms with van der Waals surface area (Å²) in [6.45, 7) is 2.12. The summed E-state index contributed by atoms with van der Waals surface area (Å²) in [5.74, 6) is 0.821. The van der Waals surface area contributed by atoms with Crippen LogP contribution in [0, 0.1) is 5.92 Å². The van der Waals surface area contributed by atoms with Crippen LogP contribution in [0.4, 0.5) is 0 Å². The fourth-order valence-electron chi connectivity index (χ4n) is 0.844. The zero-order valence-electron chi connectivity index (χ0n) is 7.01. The lowest BCUT2D eigenvalue weighted by molar-refractivity contribution is -0.118. The van der Waals surface area contributed by atoms with E-state index in [1.54, 1.807) is 0 Å². The van der Waals surface area contributed by atoms with Crippen LogP contribution in [0.25, 0.3) is 0 Å². The van der Waals surface area contributed by atoms with E-state index in [0.29, 0.717) is 18.5 Å². The molecule has 1 fully saturated rings. The minimum absolute atomic E-state index is 0.0185. The van der Waals surface area contributed by atoms with Gasteiger partial charge in [-0.1, -0.05) is 15.9 Å². The lowest BCUT2D eigenvalue weighted by Gasteiger charge is -2.03. The summed E-state index contributed by atoms with van der Waals surface area (Å²) < 4.78 is 5.32. The summed E-state index contributed by atoms with van der Waals surface area (Å²) in [5, 5.41) is 3.09. The second kappa shape index (κ2) is 5.54. The van der Waals surface area contributed by atoms with Gasteiger partial charge in [-0.05, 0) is 18.8 Å². The van der Waals surface area contributed by atoms with Gasteiger partial charge in [0.15, 0.2) is 0 Å². The monoisotopic (exact) mass is 235 g/mol. The quantitative estimate of drug-likeness (QED) is 0.550. The maximum absolute atomic E-state index is 10.7. The molecule has 1 N–H and O–H groups in total. The summed E-state index contributed by atoms with van der Waals surface area (Å²) in [4.78, 5) is 10.7. The highest BCUT2D eigenvalue weighted by molar-refractivity contribution is 9.09. The Hall–Kier alpha value is -0.0900. The molecule has 0 atom stereocenters. The number of hydrogen-bond donors (Lipinski definition) is 1. The van der Waals surface area contributed by atoms with Crippen LogP contribution in [-0.2, 0) is 9.53 Å². The fourth-order valence-corrected chi connectivity index (χ4v) is 1.04. The van der Waals surface area contributed by atoms with Gasteiger partial charge in [0.2, 0.25) is 5.91 Å². The molecule has 4 heteroatoms. The van der Waals surface area contributed by atoms with Crippen molar-refractivity contribution in [3.8, 4) is 0 Å². The van der Waals surface area contributed by atoms with Crippen molar-refractivity contribution in [2.75, 3.05) is 25.1 Å². The average Bonchev–Trinajstić information content (AvgIpc) is 2.87. The van der Waals surface area contributed by atoms with Crippen LogP contribution in [0.3, 0.4) is 0 Å². The molecule has 0 aromatic carbocycles. The first kappa shape index (κ1) is 9.99. The standard InChI is InChI=1S/C8H14BrNO2/c9-5-8(11)10-3-4-12-6-7-1-2-7/h7H,1-6H2,(H,10,11). The molecule has 1 aliphatic carbocycles. The molecule has 0 aromatic heterocycles. The van der Waals surface area contributed by atoms with Gasteiger partial charge in [0.05, 0.1) is 11.9 Å². The summed E-state index contributed by atoms with van der Waals surface area (Å²) in [6, 6.07) is 0. The topological polar surface area (TPSA) is 38.3 Å². The van der Waals surface area contributed by atoms with Crippen molar-refractivity contribution in [2.45, 2.75) is 12.8 Å². The molecule has 0 aromatic rings. The van der Waals surface area contributed by atoms with Crippen LogP contribution in [0.15, 0.2) is 0 Å². The number of ether oxygens (including phenoxy) is 1.